The number of fused-ring (bicyclic) bond motifs is 1. The van der Waals surface area contributed by atoms with E-state index in [1.807, 2.05) is 30.3 Å². The third-order valence-electron chi connectivity index (χ3n) is 5.25. The molecule has 5 nitrogen and oxygen atoms in total. The zero-order chi connectivity index (χ0) is 19.4. The lowest BCUT2D eigenvalue weighted by Gasteiger charge is -2.23. The van der Waals surface area contributed by atoms with Crippen molar-refractivity contribution >= 4 is 28.5 Å². The molecule has 1 aliphatic rings. The minimum absolute atomic E-state index is 0.101. The number of hydrogen-bond donors (Lipinski definition) is 2. The minimum atomic E-state index is -1.33. The zero-order valence-corrected chi connectivity index (χ0v) is 15.0. The maximum atomic E-state index is 12.9. The van der Waals surface area contributed by atoms with Crippen molar-refractivity contribution in [3.05, 3.63) is 59.2 Å². The Morgan fingerprint density at radius 2 is 1.52 bits per heavy atom. The van der Waals surface area contributed by atoms with Gasteiger partial charge in [0.2, 0.25) is 0 Å². The molecule has 0 aromatic heterocycles. The highest BCUT2D eigenvalue weighted by molar-refractivity contribution is 6.12. The van der Waals surface area contributed by atoms with Crippen molar-refractivity contribution in [2.45, 2.75) is 38.5 Å². The van der Waals surface area contributed by atoms with Crippen molar-refractivity contribution in [2.24, 2.45) is 5.92 Å². The number of carbonyl (C=O) groups excluding carboxylic acids is 1. The molecule has 5 heteroatoms. The number of benzene rings is 2. The summed E-state index contributed by atoms with van der Waals surface area (Å²) in [6.45, 7) is 0. The third-order valence-corrected chi connectivity index (χ3v) is 5.25. The van der Waals surface area contributed by atoms with E-state index >= 15 is 0 Å². The topological polar surface area (TPSA) is 91.7 Å². The standard InChI is InChI=1S/C22H22O5/c23-19(17-12-6-10-14-7-4-5-11-16(14)17)13-18(21(24)25)20(22(26)27)15-8-2-1-3-9-15/h4-7,10-12,15H,1-3,8-9,13H2,(H,24,25)(H,26,27)/b20-18+. The van der Waals surface area contributed by atoms with Crippen molar-refractivity contribution in [3.63, 3.8) is 0 Å². The Balaban J connectivity index is 2.00. The highest BCUT2D eigenvalue weighted by Crippen LogP contribution is 2.33. The van der Waals surface area contributed by atoms with Crippen molar-refractivity contribution in [2.75, 3.05) is 0 Å². The first-order valence-corrected chi connectivity index (χ1v) is 9.19. The van der Waals surface area contributed by atoms with Crippen LogP contribution in [0.3, 0.4) is 0 Å². The van der Waals surface area contributed by atoms with Gasteiger partial charge in [0.25, 0.3) is 0 Å². The van der Waals surface area contributed by atoms with E-state index in [4.69, 9.17) is 0 Å². The van der Waals surface area contributed by atoms with Crippen LogP contribution in [0, 0.1) is 5.92 Å². The summed E-state index contributed by atoms with van der Waals surface area (Å²) in [4.78, 5) is 36.6. The van der Waals surface area contributed by atoms with Crippen molar-refractivity contribution in [3.8, 4) is 0 Å². The summed E-state index contributed by atoms with van der Waals surface area (Å²) < 4.78 is 0. The Kier molecular flexibility index (Phi) is 5.69. The second kappa shape index (κ2) is 8.16. The van der Waals surface area contributed by atoms with Crippen LogP contribution in [0.4, 0.5) is 0 Å². The van der Waals surface area contributed by atoms with Gasteiger partial charge >= 0.3 is 11.9 Å². The maximum Gasteiger partial charge on any atom is 0.332 e. The molecule has 2 aromatic carbocycles. The van der Waals surface area contributed by atoms with E-state index in [-0.39, 0.29) is 22.8 Å². The molecule has 0 amide bonds. The maximum absolute atomic E-state index is 12.9. The van der Waals surface area contributed by atoms with Crippen LogP contribution in [0.5, 0.6) is 0 Å². The number of Topliss-reactive ketones (excluding diaryl/α,β-unsaturated/α-hetero) is 1. The van der Waals surface area contributed by atoms with Gasteiger partial charge in [-0.2, -0.15) is 0 Å². The van der Waals surface area contributed by atoms with Crippen LogP contribution < -0.4 is 0 Å². The summed E-state index contributed by atoms with van der Waals surface area (Å²) in [7, 11) is 0. The molecular formula is C22H22O5. The van der Waals surface area contributed by atoms with Crippen LogP contribution in [-0.4, -0.2) is 27.9 Å². The van der Waals surface area contributed by atoms with Gasteiger partial charge in [0.15, 0.2) is 5.78 Å². The number of aliphatic carboxylic acids is 2. The summed E-state index contributed by atoms with van der Waals surface area (Å²) in [6, 6.07) is 12.7. The normalized spacial score (nSPS) is 16.0. The molecule has 0 bridgehead atoms. The first-order chi connectivity index (χ1) is 13.0. The monoisotopic (exact) mass is 366 g/mol. The Bertz CT molecular complexity index is 914. The molecule has 0 heterocycles. The molecule has 27 heavy (non-hydrogen) atoms. The van der Waals surface area contributed by atoms with Gasteiger partial charge in [-0.1, -0.05) is 61.7 Å². The molecule has 0 atom stereocenters. The van der Waals surface area contributed by atoms with E-state index in [9.17, 15) is 24.6 Å². The Morgan fingerprint density at radius 1 is 0.852 bits per heavy atom. The molecule has 0 unspecified atom stereocenters. The van der Waals surface area contributed by atoms with Gasteiger partial charge in [-0.25, -0.2) is 9.59 Å². The highest BCUT2D eigenvalue weighted by atomic mass is 16.4. The molecule has 3 rings (SSSR count). The predicted octanol–water partition coefficient (Wildman–Crippen LogP) is 4.46. The number of rotatable bonds is 6. The molecular weight excluding hydrogens is 344 g/mol. The van der Waals surface area contributed by atoms with Gasteiger partial charge in [0.05, 0.1) is 11.1 Å². The molecule has 1 aliphatic carbocycles. The lowest BCUT2D eigenvalue weighted by atomic mass is 9.80. The number of carboxylic acids is 2. The second-order valence-electron chi connectivity index (χ2n) is 6.96. The van der Waals surface area contributed by atoms with E-state index in [1.54, 1.807) is 12.1 Å². The average molecular weight is 366 g/mol. The first kappa shape index (κ1) is 18.8. The molecule has 140 valence electrons. The van der Waals surface area contributed by atoms with Crippen molar-refractivity contribution in [1.82, 2.24) is 0 Å². The van der Waals surface area contributed by atoms with Gasteiger partial charge in [-0.05, 0) is 29.5 Å². The number of carbonyl (C=O) groups is 3. The summed E-state index contributed by atoms with van der Waals surface area (Å²) in [5, 5.41) is 21.0. The van der Waals surface area contributed by atoms with Crippen LogP contribution in [0.1, 0.15) is 48.9 Å². The summed E-state index contributed by atoms with van der Waals surface area (Å²) >= 11 is 0. The van der Waals surface area contributed by atoms with Gasteiger partial charge in [0, 0.05) is 12.0 Å². The molecule has 1 saturated carbocycles. The average Bonchev–Trinajstić information content (AvgIpc) is 2.67. The summed E-state index contributed by atoms with van der Waals surface area (Å²) in [6.07, 6.45) is 3.68. The fraction of sp³-hybridized carbons (Fsp3) is 0.318. The lowest BCUT2D eigenvalue weighted by Crippen LogP contribution is -2.22. The molecule has 2 aromatic rings. The number of carboxylic acid groups (broad SMARTS) is 2. The zero-order valence-electron chi connectivity index (χ0n) is 15.0. The predicted molar refractivity (Wildman–Crippen MR) is 102 cm³/mol. The molecule has 0 saturated heterocycles. The molecule has 1 fully saturated rings. The summed E-state index contributed by atoms with van der Waals surface area (Å²) in [5.41, 5.74) is 0.0309. The smallest absolute Gasteiger partial charge is 0.332 e. The Morgan fingerprint density at radius 3 is 2.19 bits per heavy atom. The minimum Gasteiger partial charge on any atom is -0.478 e. The third kappa shape index (κ3) is 4.08. The largest absolute Gasteiger partial charge is 0.478 e. The van der Waals surface area contributed by atoms with Crippen LogP contribution in [-0.2, 0) is 9.59 Å². The van der Waals surface area contributed by atoms with Crippen molar-refractivity contribution < 1.29 is 24.6 Å². The quantitative estimate of drug-likeness (QED) is 0.582. The fourth-order valence-corrected chi connectivity index (χ4v) is 3.95. The Hall–Kier alpha value is -2.95. The second-order valence-corrected chi connectivity index (χ2v) is 6.96. The van der Waals surface area contributed by atoms with E-state index < -0.39 is 18.4 Å². The molecule has 0 aliphatic heterocycles. The van der Waals surface area contributed by atoms with Gasteiger partial charge in [-0.15, -0.1) is 0 Å². The number of ketones is 1. The summed E-state index contributed by atoms with van der Waals surface area (Å²) in [5.74, 6) is -3.24. The van der Waals surface area contributed by atoms with Crippen LogP contribution >= 0.6 is 0 Å². The van der Waals surface area contributed by atoms with Crippen LogP contribution in [0.15, 0.2) is 53.6 Å². The van der Waals surface area contributed by atoms with Gasteiger partial charge in [-0.3, -0.25) is 4.79 Å². The van der Waals surface area contributed by atoms with E-state index in [1.165, 1.54) is 0 Å². The van der Waals surface area contributed by atoms with Crippen LogP contribution in [0.2, 0.25) is 0 Å². The highest BCUT2D eigenvalue weighted by Gasteiger charge is 2.30. The molecule has 2 N–H and O–H groups in total. The fourth-order valence-electron chi connectivity index (χ4n) is 3.95. The first-order valence-electron chi connectivity index (χ1n) is 9.19. The Labute approximate surface area is 157 Å². The molecule has 0 radical (unpaired) electrons. The van der Waals surface area contributed by atoms with Crippen LogP contribution in [0.25, 0.3) is 10.8 Å². The van der Waals surface area contributed by atoms with E-state index in [0.717, 1.165) is 30.0 Å². The lowest BCUT2D eigenvalue weighted by molar-refractivity contribution is -0.136. The van der Waals surface area contributed by atoms with E-state index in [0.29, 0.717) is 18.4 Å². The SMILES string of the molecule is O=C(O)/C(CC(=O)c1cccc2ccccc12)=C(/C(=O)O)C1CCCCC1. The van der Waals surface area contributed by atoms with Gasteiger partial charge in [0.1, 0.15) is 0 Å². The van der Waals surface area contributed by atoms with Crippen molar-refractivity contribution in [1.29, 1.82) is 0 Å². The number of hydrogen-bond acceptors (Lipinski definition) is 3. The van der Waals surface area contributed by atoms with Gasteiger partial charge < -0.3 is 10.2 Å². The van der Waals surface area contributed by atoms with E-state index in [2.05, 4.69) is 0 Å². The molecule has 0 spiro atoms.